The van der Waals surface area contributed by atoms with E-state index >= 15 is 0 Å². The van der Waals surface area contributed by atoms with Crippen LogP contribution in [0.3, 0.4) is 0 Å². The summed E-state index contributed by atoms with van der Waals surface area (Å²) in [5, 5.41) is 0. The summed E-state index contributed by atoms with van der Waals surface area (Å²) in [6, 6.07) is 5.69. The van der Waals surface area contributed by atoms with Crippen LogP contribution in [0.5, 0.6) is 5.75 Å². The minimum Gasteiger partial charge on any atom is -0.495 e. The third-order valence-corrected chi connectivity index (χ3v) is 4.20. The van der Waals surface area contributed by atoms with Crippen molar-refractivity contribution in [2.75, 3.05) is 12.8 Å². The van der Waals surface area contributed by atoms with Gasteiger partial charge in [0.1, 0.15) is 11.3 Å². The molecule has 0 amide bonds. The van der Waals surface area contributed by atoms with Gasteiger partial charge in [0, 0.05) is 16.7 Å². The minimum atomic E-state index is 0.401. The molecule has 0 aliphatic rings. The van der Waals surface area contributed by atoms with Crippen LogP contribution in [0.25, 0.3) is 16.7 Å². The number of hydrogen-bond donors (Lipinski definition) is 1. The van der Waals surface area contributed by atoms with Crippen LogP contribution in [0.1, 0.15) is 0 Å². The first-order chi connectivity index (χ1) is 9.61. The summed E-state index contributed by atoms with van der Waals surface area (Å²) in [7, 11) is 1.62. The average molecular weight is 398 g/mol. The van der Waals surface area contributed by atoms with Gasteiger partial charge in [-0.1, -0.05) is 0 Å². The summed E-state index contributed by atoms with van der Waals surface area (Å²) in [5.74, 6) is 1.12. The van der Waals surface area contributed by atoms with E-state index in [9.17, 15) is 0 Å². The van der Waals surface area contributed by atoms with Gasteiger partial charge in [-0.05, 0) is 44.0 Å². The summed E-state index contributed by atoms with van der Waals surface area (Å²) in [5.41, 5.74) is 8.53. The van der Waals surface area contributed by atoms with Crippen molar-refractivity contribution >= 4 is 48.8 Å². The van der Waals surface area contributed by atoms with Gasteiger partial charge in [-0.25, -0.2) is 4.98 Å². The Kier molecular flexibility index (Phi) is 3.39. The number of aromatic nitrogens is 3. The molecule has 0 spiro atoms. The highest BCUT2D eigenvalue weighted by Crippen LogP contribution is 2.35. The van der Waals surface area contributed by atoms with Crippen LogP contribution in [0, 0.1) is 0 Å². The molecule has 3 aromatic rings. The Morgan fingerprint density at radius 2 is 2.05 bits per heavy atom. The van der Waals surface area contributed by atoms with E-state index in [1.165, 1.54) is 0 Å². The van der Waals surface area contributed by atoms with Gasteiger partial charge in [-0.15, -0.1) is 0 Å². The molecule has 0 saturated carbocycles. The second-order valence-electron chi connectivity index (χ2n) is 4.11. The van der Waals surface area contributed by atoms with Crippen molar-refractivity contribution in [3.05, 3.63) is 39.5 Å². The van der Waals surface area contributed by atoms with E-state index in [0.717, 1.165) is 31.4 Å². The van der Waals surface area contributed by atoms with Gasteiger partial charge in [0.15, 0.2) is 0 Å². The number of methoxy groups -OCH3 is 1. The van der Waals surface area contributed by atoms with E-state index in [1.807, 2.05) is 22.8 Å². The fourth-order valence-electron chi connectivity index (χ4n) is 2.05. The second kappa shape index (κ2) is 5.06. The highest BCUT2D eigenvalue weighted by atomic mass is 79.9. The Morgan fingerprint density at radius 3 is 2.80 bits per heavy atom. The molecule has 0 unspecified atom stereocenters. The summed E-state index contributed by atoms with van der Waals surface area (Å²) < 4.78 is 8.94. The Hall–Kier alpha value is -1.60. The van der Waals surface area contributed by atoms with Gasteiger partial charge in [0.05, 0.1) is 29.0 Å². The topological polar surface area (TPSA) is 66.0 Å². The van der Waals surface area contributed by atoms with E-state index in [1.54, 1.807) is 19.5 Å². The zero-order chi connectivity index (χ0) is 14.3. The van der Waals surface area contributed by atoms with Crippen LogP contribution in [0.4, 0.5) is 5.95 Å². The maximum absolute atomic E-state index is 6.03. The predicted molar refractivity (Wildman–Crippen MR) is 85.2 cm³/mol. The standard InChI is InChI=1S/C13H10Br2N4O/c1-20-12-5-11(7(14)4-8(12)15)19-10-2-3-17-6-9(10)18-13(19)16/h2-6H,1H3,(H2,16,18). The van der Waals surface area contributed by atoms with E-state index in [0.29, 0.717) is 5.95 Å². The third kappa shape index (κ3) is 2.06. The smallest absolute Gasteiger partial charge is 0.206 e. The Labute approximate surface area is 132 Å². The quantitative estimate of drug-likeness (QED) is 0.718. The first kappa shape index (κ1) is 13.4. The van der Waals surface area contributed by atoms with Crippen LogP contribution < -0.4 is 10.5 Å². The third-order valence-electron chi connectivity index (χ3n) is 2.94. The molecule has 7 heteroatoms. The normalized spacial score (nSPS) is 10.9. The first-order valence-corrected chi connectivity index (χ1v) is 7.31. The molecule has 0 aliphatic carbocycles. The second-order valence-corrected chi connectivity index (χ2v) is 5.82. The van der Waals surface area contributed by atoms with Crippen molar-refractivity contribution in [3.8, 4) is 11.4 Å². The number of hydrogen-bond acceptors (Lipinski definition) is 4. The Balaban J connectivity index is 2.33. The van der Waals surface area contributed by atoms with Gasteiger partial charge in [0.2, 0.25) is 5.95 Å². The number of imidazole rings is 1. The lowest BCUT2D eigenvalue weighted by Gasteiger charge is -2.12. The van der Waals surface area contributed by atoms with Gasteiger partial charge < -0.3 is 10.5 Å². The van der Waals surface area contributed by atoms with E-state index in [-0.39, 0.29) is 0 Å². The summed E-state index contributed by atoms with van der Waals surface area (Å²) in [6.07, 6.45) is 3.40. The zero-order valence-electron chi connectivity index (χ0n) is 10.5. The first-order valence-electron chi connectivity index (χ1n) is 5.73. The molecule has 0 radical (unpaired) electrons. The number of benzene rings is 1. The van der Waals surface area contributed by atoms with Crippen LogP contribution in [0.15, 0.2) is 39.5 Å². The molecule has 102 valence electrons. The SMILES string of the molecule is COc1cc(-n2c(N)nc3cnccc32)c(Br)cc1Br. The molecule has 2 aromatic heterocycles. The van der Waals surface area contributed by atoms with Crippen LogP contribution >= 0.6 is 31.9 Å². The zero-order valence-corrected chi connectivity index (χ0v) is 13.6. The van der Waals surface area contributed by atoms with Gasteiger partial charge in [-0.2, -0.15) is 0 Å². The number of nitrogens with zero attached hydrogens (tertiary/aromatic N) is 3. The Bertz CT molecular complexity index is 800. The lowest BCUT2D eigenvalue weighted by molar-refractivity contribution is 0.412. The highest BCUT2D eigenvalue weighted by molar-refractivity contribution is 9.11. The highest BCUT2D eigenvalue weighted by Gasteiger charge is 2.15. The van der Waals surface area contributed by atoms with Crippen molar-refractivity contribution in [1.29, 1.82) is 0 Å². The number of pyridine rings is 1. The molecular formula is C13H10Br2N4O. The monoisotopic (exact) mass is 396 g/mol. The summed E-state index contributed by atoms with van der Waals surface area (Å²) in [4.78, 5) is 8.37. The molecule has 5 nitrogen and oxygen atoms in total. The molecule has 20 heavy (non-hydrogen) atoms. The number of rotatable bonds is 2. The number of fused-ring (bicyclic) bond motifs is 1. The van der Waals surface area contributed by atoms with Gasteiger partial charge in [0.25, 0.3) is 0 Å². The predicted octanol–water partition coefficient (Wildman–Crippen LogP) is 3.54. The van der Waals surface area contributed by atoms with Crippen molar-refractivity contribution in [1.82, 2.24) is 14.5 Å². The number of anilines is 1. The largest absolute Gasteiger partial charge is 0.495 e. The van der Waals surface area contributed by atoms with Crippen molar-refractivity contribution < 1.29 is 4.74 Å². The summed E-state index contributed by atoms with van der Waals surface area (Å²) >= 11 is 7.00. The Morgan fingerprint density at radius 1 is 1.25 bits per heavy atom. The van der Waals surface area contributed by atoms with Crippen LogP contribution in [-0.2, 0) is 0 Å². The van der Waals surface area contributed by atoms with E-state index in [2.05, 4.69) is 41.8 Å². The molecule has 1 aromatic carbocycles. The van der Waals surface area contributed by atoms with Crippen LogP contribution in [-0.4, -0.2) is 21.6 Å². The molecule has 0 fully saturated rings. The van der Waals surface area contributed by atoms with Crippen molar-refractivity contribution in [2.24, 2.45) is 0 Å². The maximum atomic E-state index is 6.03. The average Bonchev–Trinajstić information content (AvgIpc) is 2.75. The number of ether oxygens (including phenoxy) is 1. The molecule has 2 N–H and O–H groups in total. The maximum Gasteiger partial charge on any atom is 0.206 e. The van der Waals surface area contributed by atoms with Crippen molar-refractivity contribution in [2.45, 2.75) is 0 Å². The number of nitrogens with two attached hydrogens (primary N) is 1. The van der Waals surface area contributed by atoms with Crippen LogP contribution in [0.2, 0.25) is 0 Å². The van der Waals surface area contributed by atoms with E-state index < -0.39 is 0 Å². The molecule has 0 aliphatic heterocycles. The van der Waals surface area contributed by atoms with Gasteiger partial charge in [-0.3, -0.25) is 9.55 Å². The molecular weight excluding hydrogens is 388 g/mol. The molecule has 0 saturated heterocycles. The lowest BCUT2D eigenvalue weighted by Crippen LogP contribution is -2.02. The molecule has 3 rings (SSSR count). The molecule has 2 heterocycles. The van der Waals surface area contributed by atoms with Gasteiger partial charge >= 0.3 is 0 Å². The summed E-state index contributed by atoms with van der Waals surface area (Å²) in [6.45, 7) is 0. The van der Waals surface area contributed by atoms with Crippen molar-refractivity contribution in [3.63, 3.8) is 0 Å². The van der Waals surface area contributed by atoms with E-state index in [4.69, 9.17) is 10.5 Å². The number of halogens is 2. The molecule has 0 bridgehead atoms. The fourth-order valence-corrected chi connectivity index (χ4v) is 3.38. The number of nitrogen functional groups attached to an aromatic ring is 1. The minimum absolute atomic E-state index is 0.401. The fraction of sp³-hybridized carbons (Fsp3) is 0.0769. The molecule has 0 atom stereocenters. The lowest BCUT2D eigenvalue weighted by atomic mass is 10.3.